The molecule has 1 saturated carbocycles. The smallest absolute Gasteiger partial charge is 0.286 e. The van der Waals surface area contributed by atoms with Gasteiger partial charge in [-0.1, -0.05) is 42.8 Å². The van der Waals surface area contributed by atoms with E-state index in [9.17, 15) is 13.8 Å². The summed E-state index contributed by atoms with van der Waals surface area (Å²) < 4.78 is 42.3. The fourth-order valence-corrected chi connectivity index (χ4v) is 11.1. The lowest BCUT2D eigenvalue weighted by atomic mass is 9.68. The van der Waals surface area contributed by atoms with Gasteiger partial charge in [0.1, 0.15) is 15.7 Å². The summed E-state index contributed by atoms with van der Waals surface area (Å²) in [5.41, 5.74) is 6.24. The number of benzene rings is 2. The number of anilines is 1. The molecular weight excluding hydrogens is 689 g/mol. The third-order valence-corrected chi connectivity index (χ3v) is 14.2. The van der Waals surface area contributed by atoms with Crippen LogP contribution in [-0.2, 0) is 44.4 Å². The molecule has 1 N–H and O–H groups in total. The average molecular weight is 741 g/mol. The number of nitrogens with one attached hydrogen (secondary N) is 1. The Morgan fingerprint density at radius 2 is 1.98 bits per heavy atom. The minimum Gasteiger partial charge on any atom is -0.490 e. The predicted octanol–water partition coefficient (Wildman–Crippen LogP) is 6.78. The molecule has 1 spiro atoms. The third kappa shape index (κ3) is 7.20. The van der Waals surface area contributed by atoms with Gasteiger partial charge < -0.3 is 23.7 Å². The van der Waals surface area contributed by atoms with E-state index in [1.807, 2.05) is 30.5 Å². The monoisotopic (exact) mass is 740 g/mol. The summed E-state index contributed by atoms with van der Waals surface area (Å²) in [6.45, 7) is 9.25. The molecule has 3 aliphatic heterocycles. The van der Waals surface area contributed by atoms with Gasteiger partial charge in [-0.3, -0.25) is 14.3 Å². The van der Waals surface area contributed by atoms with E-state index in [0.717, 1.165) is 62.3 Å². The van der Waals surface area contributed by atoms with E-state index in [0.29, 0.717) is 49.1 Å². The van der Waals surface area contributed by atoms with Crippen LogP contribution in [0.15, 0.2) is 65.2 Å². The Balaban J connectivity index is 1.18. The van der Waals surface area contributed by atoms with Gasteiger partial charge in [0.25, 0.3) is 11.8 Å². The van der Waals surface area contributed by atoms with Crippen molar-refractivity contribution in [1.29, 1.82) is 0 Å². The summed E-state index contributed by atoms with van der Waals surface area (Å²) in [6, 6.07) is 14.0. The second-order valence-electron chi connectivity index (χ2n) is 16.2. The Morgan fingerprint density at radius 1 is 1.11 bits per heavy atom. The highest BCUT2D eigenvalue weighted by molar-refractivity contribution is 7.92. The van der Waals surface area contributed by atoms with Crippen LogP contribution in [0.3, 0.4) is 0 Å². The maximum absolute atomic E-state index is 14.7. The van der Waals surface area contributed by atoms with Crippen molar-refractivity contribution in [2.45, 2.75) is 90.1 Å². The van der Waals surface area contributed by atoms with Crippen molar-refractivity contribution in [2.75, 3.05) is 37.5 Å². The lowest BCUT2D eigenvalue weighted by Crippen LogP contribution is -2.49. The molecule has 5 aliphatic rings. The van der Waals surface area contributed by atoms with Crippen LogP contribution in [0.5, 0.6) is 5.75 Å². The number of aromatic nitrogens is 1. The number of hydrogen-bond donors (Lipinski definition) is 1. The first-order valence-corrected chi connectivity index (χ1v) is 20.9. The lowest BCUT2D eigenvalue weighted by molar-refractivity contribution is 0.0131. The molecule has 1 aromatic heterocycles. The zero-order chi connectivity index (χ0) is 36.9. The molecule has 11 heteroatoms. The van der Waals surface area contributed by atoms with Gasteiger partial charge in [0.2, 0.25) is 0 Å². The number of amides is 2. The van der Waals surface area contributed by atoms with Crippen LogP contribution in [0.1, 0.15) is 89.1 Å². The molecule has 2 aromatic carbocycles. The van der Waals surface area contributed by atoms with E-state index in [2.05, 4.69) is 51.3 Å². The summed E-state index contributed by atoms with van der Waals surface area (Å²) in [6.07, 6.45) is 12.0. The number of hydrogen-bond acceptors (Lipinski definition) is 7. The van der Waals surface area contributed by atoms with Crippen LogP contribution in [0.25, 0.3) is 0 Å². The number of carbonyl (C=O) groups is 2. The third-order valence-electron chi connectivity index (χ3n) is 12.2. The van der Waals surface area contributed by atoms with E-state index in [1.54, 1.807) is 25.4 Å². The van der Waals surface area contributed by atoms with Crippen LogP contribution in [0, 0.1) is 24.7 Å². The van der Waals surface area contributed by atoms with Gasteiger partial charge in [-0.05, 0) is 106 Å². The number of fused-ring (bicyclic) bond motifs is 5. The summed E-state index contributed by atoms with van der Waals surface area (Å²) in [5, 5.41) is 0. The number of allylic oxidation sites excluding steroid dienone is 1. The molecule has 282 valence electrons. The first-order chi connectivity index (χ1) is 25.5. The molecule has 1 unspecified atom stereocenters. The minimum absolute atomic E-state index is 0.0216. The number of carbonyl (C=O) groups excluding carboxylic acids is 2. The van der Waals surface area contributed by atoms with Crippen LogP contribution >= 0.6 is 0 Å². The van der Waals surface area contributed by atoms with Crippen LogP contribution in [0.4, 0.5) is 5.69 Å². The SMILES string of the molecule is CO[C@H]1/C=C/C[C@H](C)CS(=O)(NC(=O)c2cc3n(c2)C[C@H](C)OC3)=NC(=O)c2ccc3c(c2)N(C[C@@H]2CC[C@H]21)C[C@@]1(CCCc2cc(C)ccc21)CO3. The molecule has 8 rings (SSSR count). The van der Waals surface area contributed by atoms with Gasteiger partial charge in [0, 0.05) is 49.6 Å². The number of nitrogens with zero attached hydrogens (tertiary/aromatic N) is 3. The zero-order valence-electron chi connectivity index (χ0n) is 31.3. The van der Waals surface area contributed by atoms with Gasteiger partial charge in [-0.25, -0.2) is 4.21 Å². The van der Waals surface area contributed by atoms with E-state index in [1.165, 1.54) is 16.7 Å². The fourth-order valence-electron chi connectivity index (χ4n) is 9.26. The summed E-state index contributed by atoms with van der Waals surface area (Å²) in [5.74, 6) is 0.239. The van der Waals surface area contributed by atoms with Crippen molar-refractivity contribution in [3.05, 3.63) is 94.3 Å². The second kappa shape index (κ2) is 14.4. The minimum atomic E-state index is -3.53. The topological polar surface area (TPSA) is 111 Å². The van der Waals surface area contributed by atoms with E-state index in [4.69, 9.17) is 14.2 Å². The van der Waals surface area contributed by atoms with Crippen LogP contribution in [0.2, 0.25) is 0 Å². The van der Waals surface area contributed by atoms with Crippen LogP contribution < -0.4 is 14.4 Å². The fraction of sp³-hybridized carbons (Fsp3) is 0.524. The van der Waals surface area contributed by atoms with Gasteiger partial charge >= 0.3 is 0 Å². The van der Waals surface area contributed by atoms with E-state index in [-0.39, 0.29) is 29.3 Å². The Bertz CT molecular complexity index is 2070. The number of ether oxygens (including phenoxy) is 3. The Morgan fingerprint density at radius 3 is 2.79 bits per heavy atom. The Labute approximate surface area is 313 Å². The Hall–Kier alpha value is -3.93. The molecule has 0 radical (unpaired) electrons. The van der Waals surface area contributed by atoms with Crippen molar-refractivity contribution >= 4 is 27.4 Å². The van der Waals surface area contributed by atoms with Crippen molar-refractivity contribution in [3.63, 3.8) is 0 Å². The number of aryl methyl sites for hydroxylation is 2. The van der Waals surface area contributed by atoms with Crippen molar-refractivity contribution < 1.29 is 28.0 Å². The summed E-state index contributed by atoms with van der Waals surface area (Å²) >= 11 is 0. The molecule has 2 aliphatic carbocycles. The molecular formula is C42H52N4O6S. The second-order valence-corrected chi connectivity index (χ2v) is 18.2. The first kappa shape index (κ1) is 36.1. The first-order valence-electron chi connectivity index (χ1n) is 19.2. The highest BCUT2D eigenvalue weighted by atomic mass is 32.2. The van der Waals surface area contributed by atoms with Crippen molar-refractivity contribution in [3.8, 4) is 5.75 Å². The highest BCUT2D eigenvalue weighted by Crippen LogP contribution is 2.47. The van der Waals surface area contributed by atoms with Gasteiger partial charge in [-0.2, -0.15) is 0 Å². The quantitative estimate of drug-likeness (QED) is 0.295. The van der Waals surface area contributed by atoms with E-state index >= 15 is 0 Å². The maximum atomic E-state index is 14.7. The predicted molar refractivity (Wildman–Crippen MR) is 206 cm³/mol. The van der Waals surface area contributed by atoms with Gasteiger partial charge in [0.05, 0.1) is 42.4 Å². The molecule has 10 nitrogen and oxygen atoms in total. The van der Waals surface area contributed by atoms with Crippen molar-refractivity contribution in [2.24, 2.45) is 22.1 Å². The largest absolute Gasteiger partial charge is 0.490 e. The normalized spacial score (nSPS) is 31.8. The molecule has 3 aromatic rings. The Kier molecular flexibility index (Phi) is 9.78. The summed E-state index contributed by atoms with van der Waals surface area (Å²) in [7, 11) is -1.75. The molecule has 1 fully saturated rings. The van der Waals surface area contributed by atoms with Crippen molar-refractivity contribution in [1.82, 2.24) is 9.29 Å². The zero-order valence-corrected chi connectivity index (χ0v) is 32.2. The standard InChI is InChI=1S/C42H52N4O6S/c1-27-10-14-36-30(17-27)8-6-16-42(36)25-46-21-32-11-13-35(32)38(50-4)9-5-7-28(2)24-53(49,43-40(47)31-12-15-39(52-26-42)37(46)19-31)44-41(48)33-18-34-23-51-29(3)20-45(34)22-33/h5,9-10,12,14-15,17-19,22,28-29,32,35,38H,6-8,11,13,16,20-21,23-26H2,1-4H3,(H,43,44,47,48,49)/b9-5+/t28-,29-,32-,35+,38-,42-,53?/m0/s1. The molecule has 7 atom stereocenters. The van der Waals surface area contributed by atoms with Gasteiger partial charge in [0.15, 0.2) is 0 Å². The van der Waals surface area contributed by atoms with Crippen LogP contribution in [-0.4, -0.2) is 65.4 Å². The molecule has 0 saturated heterocycles. The molecule has 53 heavy (non-hydrogen) atoms. The average Bonchev–Trinajstić information content (AvgIpc) is 3.48. The molecule has 2 amide bonds. The molecule has 4 heterocycles. The number of rotatable bonds is 3. The molecule has 2 bridgehead atoms. The van der Waals surface area contributed by atoms with E-state index < -0.39 is 21.7 Å². The number of methoxy groups -OCH3 is 1. The lowest BCUT2D eigenvalue weighted by Gasteiger charge is -2.46. The van der Waals surface area contributed by atoms with Gasteiger partial charge in [-0.15, -0.1) is 4.36 Å². The summed E-state index contributed by atoms with van der Waals surface area (Å²) in [4.78, 5) is 30.2. The highest BCUT2D eigenvalue weighted by Gasteiger charge is 2.44. The maximum Gasteiger partial charge on any atom is 0.286 e.